The Morgan fingerprint density at radius 2 is 2.00 bits per heavy atom. The number of piperidine rings is 1. The van der Waals surface area contributed by atoms with Crippen LogP contribution in [0.1, 0.15) is 37.3 Å². The molecule has 0 aliphatic carbocycles. The maximum Gasteiger partial charge on any atom is 0.0445 e. The molecule has 1 heterocycles. The molecule has 0 radical (unpaired) electrons. The van der Waals surface area contributed by atoms with Crippen molar-refractivity contribution in [3.63, 3.8) is 0 Å². The fourth-order valence-corrected chi connectivity index (χ4v) is 2.63. The first-order chi connectivity index (χ1) is 7.79. The van der Waals surface area contributed by atoms with Crippen LogP contribution in [0.3, 0.4) is 0 Å². The van der Waals surface area contributed by atoms with Gasteiger partial charge in [0.05, 0.1) is 0 Å². The quantitative estimate of drug-likeness (QED) is 0.894. The van der Waals surface area contributed by atoms with E-state index in [-0.39, 0.29) is 6.61 Å². The smallest absolute Gasteiger partial charge is 0.0445 e. The number of benzene rings is 1. The normalized spacial score (nSPS) is 25.6. The highest BCUT2D eigenvalue weighted by Crippen LogP contribution is 2.27. The van der Waals surface area contributed by atoms with Gasteiger partial charge in [0.2, 0.25) is 0 Å². The Kier molecular flexibility index (Phi) is 4.38. The van der Waals surface area contributed by atoms with Crippen LogP contribution in [0.15, 0.2) is 28.7 Å². The highest BCUT2D eigenvalue weighted by atomic mass is 79.9. The lowest BCUT2D eigenvalue weighted by atomic mass is 9.92. The standard InChI is InChI=1S/C13H18BrNO/c14-11-6-4-10(5-7-11)13-3-1-2-12(15-13)8-9-16/h4-7,12-13,15-16H,1-3,8-9H2/t12?,13-/m0/s1. The predicted octanol–water partition coefficient (Wildman–Crippen LogP) is 3.01. The molecule has 16 heavy (non-hydrogen) atoms. The van der Waals surface area contributed by atoms with Crippen molar-refractivity contribution >= 4 is 15.9 Å². The number of hydrogen-bond acceptors (Lipinski definition) is 2. The number of aliphatic hydroxyl groups is 1. The number of halogens is 1. The van der Waals surface area contributed by atoms with Crippen molar-refractivity contribution in [2.24, 2.45) is 0 Å². The van der Waals surface area contributed by atoms with Gasteiger partial charge in [-0.05, 0) is 37.0 Å². The number of nitrogens with one attached hydrogen (secondary N) is 1. The molecular weight excluding hydrogens is 266 g/mol. The third-order valence-electron chi connectivity index (χ3n) is 3.23. The van der Waals surface area contributed by atoms with Crippen LogP contribution >= 0.6 is 15.9 Å². The van der Waals surface area contributed by atoms with Crippen molar-refractivity contribution in [2.45, 2.75) is 37.8 Å². The second-order valence-electron chi connectivity index (χ2n) is 4.41. The summed E-state index contributed by atoms with van der Waals surface area (Å²) in [5.74, 6) is 0. The van der Waals surface area contributed by atoms with Gasteiger partial charge in [0.25, 0.3) is 0 Å². The molecule has 1 fully saturated rings. The summed E-state index contributed by atoms with van der Waals surface area (Å²) >= 11 is 3.45. The Balaban J connectivity index is 2.01. The van der Waals surface area contributed by atoms with Gasteiger partial charge in [-0.3, -0.25) is 0 Å². The predicted molar refractivity (Wildman–Crippen MR) is 69.4 cm³/mol. The van der Waals surface area contributed by atoms with E-state index in [1.165, 1.54) is 24.8 Å². The van der Waals surface area contributed by atoms with Gasteiger partial charge in [-0.15, -0.1) is 0 Å². The Bertz CT molecular complexity index is 323. The van der Waals surface area contributed by atoms with Gasteiger partial charge in [0.15, 0.2) is 0 Å². The third kappa shape index (κ3) is 3.06. The largest absolute Gasteiger partial charge is 0.396 e. The van der Waals surface area contributed by atoms with E-state index in [4.69, 9.17) is 5.11 Å². The molecule has 1 saturated heterocycles. The van der Waals surface area contributed by atoms with Crippen LogP contribution < -0.4 is 5.32 Å². The monoisotopic (exact) mass is 283 g/mol. The Labute approximate surface area is 105 Å². The number of hydrogen-bond donors (Lipinski definition) is 2. The summed E-state index contributed by atoms with van der Waals surface area (Å²) in [4.78, 5) is 0. The van der Waals surface area contributed by atoms with E-state index in [9.17, 15) is 0 Å². The SMILES string of the molecule is OCCC1CCC[C@@H](c2ccc(Br)cc2)N1. The van der Waals surface area contributed by atoms with Gasteiger partial charge in [0, 0.05) is 23.2 Å². The van der Waals surface area contributed by atoms with Crippen molar-refractivity contribution in [3.05, 3.63) is 34.3 Å². The van der Waals surface area contributed by atoms with Crippen molar-refractivity contribution in [1.29, 1.82) is 0 Å². The first-order valence-corrected chi connectivity index (χ1v) is 6.71. The fourth-order valence-electron chi connectivity index (χ4n) is 2.36. The summed E-state index contributed by atoms with van der Waals surface area (Å²) in [6.45, 7) is 0.282. The summed E-state index contributed by atoms with van der Waals surface area (Å²) < 4.78 is 1.12. The summed E-state index contributed by atoms with van der Waals surface area (Å²) in [5.41, 5.74) is 1.35. The molecular formula is C13H18BrNO. The molecule has 1 unspecified atom stereocenters. The lowest BCUT2D eigenvalue weighted by molar-refractivity contribution is 0.232. The lowest BCUT2D eigenvalue weighted by Crippen LogP contribution is -2.37. The molecule has 0 spiro atoms. The zero-order valence-corrected chi connectivity index (χ0v) is 10.9. The molecule has 1 aromatic carbocycles. The highest BCUT2D eigenvalue weighted by molar-refractivity contribution is 9.10. The molecule has 1 aliphatic heterocycles. The topological polar surface area (TPSA) is 32.3 Å². The summed E-state index contributed by atoms with van der Waals surface area (Å²) in [7, 11) is 0. The molecule has 2 nitrogen and oxygen atoms in total. The van der Waals surface area contributed by atoms with Crippen LogP contribution in [0.5, 0.6) is 0 Å². The summed E-state index contributed by atoms with van der Waals surface area (Å²) in [6.07, 6.45) is 4.50. The second-order valence-corrected chi connectivity index (χ2v) is 5.33. The van der Waals surface area contributed by atoms with Crippen molar-refractivity contribution in [1.82, 2.24) is 5.32 Å². The average Bonchev–Trinajstić information content (AvgIpc) is 2.31. The van der Waals surface area contributed by atoms with E-state index in [0.29, 0.717) is 12.1 Å². The fraction of sp³-hybridized carbons (Fsp3) is 0.538. The van der Waals surface area contributed by atoms with Crippen LogP contribution in [0.2, 0.25) is 0 Å². The van der Waals surface area contributed by atoms with Gasteiger partial charge in [0.1, 0.15) is 0 Å². The maximum atomic E-state index is 8.97. The molecule has 1 aromatic rings. The minimum Gasteiger partial charge on any atom is -0.396 e. The van der Waals surface area contributed by atoms with Crippen LogP contribution in [0.4, 0.5) is 0 Å². The van der Waals surface area contributed by atoms with Gasteiger partial charge < -0.3 is 10.4 Å². The van der Waals surface area contributed by atoms with Gasteiger partial charge >= 0.3 is 0 Å². The Hall–Kier alpha value is -0.380. The number of aliphatic hydroxyl groups excluding tert-OH is 1. The van der Waals surface area contributed by atoms with Crippen LogP contribution in [0, 0.1) is 0 Å². The molecule has 3 heteroatoms. The average molecular weight is 284 g/mol. The zero-order valence-electron chi connectivity index (χ0n) is 9.32. The van der Waals surface area contributed by atoms with E-state index < -0.39 is 0 Å². The van der Waals surface area contributed by atoms with E-state index >= 15 is 0 Å². The van der Waals surface area contributed by atoms with Crippen molar-refractivity contribution < 1.29 is 5.11 Å². The molecule has 0 bridgehead atoms. The summed E-state index contributed by atoms with van der Waals surface area (Å²) in [5, 5.41) is 12.6. The van der Waals surface area contributed by atoms with Crippen molar-refractivity contribution in [3.8, 4) is 0 Å². The Morgan fingerprint density at radius 3 is 2.69 bits per heavy atom. The van der Waals surface area contributed by atoms with Gasteiger partial charge in [-0.1, -0.05) is 34.5 Å². The van der Waals surface area contributed by atoms with Gasteiger partial charge in [-0.2, -0.15) is 0 Å². The third-order valence-corrected chi connectivity index (χ3v) is 3.76. The Morgan fingerprint density at radius 1 is 1.25 bits per heavy atom. The number of rotatable bonds is 3. The minimum atomic E-state index is 0.282. The van der Waals surface area contributed by atoms with Crippen LogP contribution in [-0.4, -0.2) is 17.8 Å². The highest BCUT2D eigenvalue weighted by Gasteiger charge is 2.21. The van der Waals surface area contributed by atoms with E-state index in [1.807, 2.05) is 0 Å². The minimum absolute atomic E-state index is 0.282. The summed E-state index contributed by atoms with van der Waals surface area (Å²) in [6, 6.07) is 9.46. The van der Waals surface area contributed by atoms with E-state index in [2.05, 4.69) is 45.5 Å². The van der Waals surface area contributed by atoms with Crippen LogP contribution in [0.25, 0.3) is 0 Å². The molecule has 88 valence electrons. The lowest BCUT2D eigenvalue weighted by Gasteiger charge is -2.31. The second kappa shape index (κ2) is 5.80. The maximum absolute atomic E-state index is 8.97. The molecule has 0 amide bonds. The van der Waals surface area contributed by atoms with Crippen LogP contribution in [-0.2, 0) is 0 Å². The molecule has 0 aromatic heterocycles. The zero-order chi connectivity index (χ0) is 11.4. The molecule has 0 saturated carbocycles. The van der Waals surface area contributed by atoms with Gasteiger partial charge in [-0.25, -0.2) is 0 Å². The first kappa shape index (κ1) is 12.1. The molecule has 2 rings (SSSR count). The molecule has 1 aliphatic rings. The molecule has 2 N–H and O–H groups in total. The van der Waals surface area contributed by atoms with Crippen molar-refractivity contribution in [2.75, 3.05) is 6.61 Å². The van der Waals surface area contributed by atoms with E-state index in [0.717, 1.165) is 10.9 Å². The first-order valence-electron chi connectivity index (χ1n) is 5.92. The van der Waals surface area contributed by atoms with E-state index in [1.54, 1.807) is 0 Å². The molecule has 2 atom stereocenters.